The molecule has 2 aromatic carbocycles. The predicted molar refractivity (Wildman–Crippen MR) is 82.4 cm³/mol. The van der Waals surface area contributed by atoms with Crippen LogP contribution in [-0.4, -0.2) is 12.2 Å². The summed E-state index contributed by atoms with van der Waals surface area (Å²) in [6.07, 6.45) is 0. The Morgan fingerprint density at radius 3 is 2.67 bits per heavy atom. The van der Waals surface area contributed by atoms with E-state index in [1.807, 2.05) is 24.3 Å². The Hall–Kier alpha value is -2.21. The summed E-state index contributed by atoms with van der Waals surface area (Å²) in [5.74, 6) is -0.594. The minimum Gasteiger partial charge on any atom is -0.496 e. The number of ether oxygens (including phenoxy) is 1. The monoisotopic (exact) mass is 308 g/mol. The molecule has 0 unspecified atom stereocenters. The van der Waals surface area contributed by atoms with Gasteiger partial charge < -0.3 is 15.4 Å². The van der Waals surface area contributed by atoms with Gasteiger partial charge in [-0.1, -0.05) is 18.2 Å². The number of halogens is 2. The van der Waals surface area contributed by atoms with Gasteiger partial charge in [-0.05, 0) is 30.4 Å². The Kier molecular flexibility index (Phi) is 5.05. The highest BCUT2D eigenvalue weighted by Gasteiger charge is 2.06. The molecule has 0 atom stereocenters. The first-order valence-corrected chi connectivity index (χ1v) is 6.63. The number of rotatable bonds is 4. The standard InChI is InChI=1S/C15H14F2N2OS/c1-20-14-5-3-2-4-10(14)9-18-15(21)19-13-7-6-11(16)8-12(13)17/h2-8H,9H2,1H3,(H2,18,19,21). The molecule has 0 amide bonds. The predicted octanol–water partition coefficient (Wildman–Crippen LogP) is 3.46. The van der Waals surface area contributed by atoms with Gasteiger partial charge in [0.2, 0.25) is 0 Å². The zero-order chi connectivity index (χ0) is 15.2. The molecule has 0 aliphatic carbocycles. The molecule has 0 aliphatic rings. The summed E-state index contributed by atoms with van der Waals surface area (Å²) >= 11 is 5.08. The average Bonchev–Trinajstić information content (AvgIpc) is 2.48. The molecule has 21 heavy (non-hydrogen) atoms. The largest absolute Gasteiger partial charge is 0.496 e. The van der Waals surface area contributed by atoms with Crippen LogP contribution in [0, 0.1) is 11.6 Å². The van der Waals surface area contributed by atoms with E-state index in [1.54, 1.807) is 7.11 Å². The lowest BCUT2D eigenvalue weighted by atomic mass is 10.2. The lowest BCUT2D eigenvalue weighted by molar-refractivity contribution is 0.409. The fourth-order valence-corrected chi connectivity index (χ4v) is 1.96. The summed E-state index contributed by atoms with van der Waals surface area (Å²) < 4.78 is 31.5. The summed E-state index contributed by atoms with van der Waals surface area (Å²) in [4.78, 5) is 0. The molecule has 0 saturated heterocycles. The van der Waals surface area contributed by atoms with Gasteiger partial charge in [-0.2, -0.15) is 0 Å². The molecule has 2 N–H and O–H groups in total. The molecule has 0 saturated carbocycles. The molecule has 0 aromatic heterocycles. The molecule has 2 rings (SSSR count). The first-order valence-electron chi connectivity index (χ1n) is 6.22. The van der Waals surface area contributed by atoms with Crippen LogP contribution in [0.1, 0.15) is 5.56 Å². The zero-order valence-corrected chi connectivity index (χ0v) is 12.1. The van der Waals surface area contributed by atoms with Crippen LogP contribution in [0.15, 0.2) is 42.5 Å². The average molecular weight is 308 g/mol. The van der Waals surface area contributed by atoms with E-state index in [9.17, 15) is 8.78 Å². The molecule has 0 radical (unpaired) electrons. The normalized spacial score (nSPS) is 10.0. The summed E-state index contributed by atoms with van der Waals surface area (Å²) in [7, 11) is 1.59. The van der Waals surface area contributed by atoms with E-state index in [-0.39, 0.29) is 10.8 Å². The fourth-order valence-electron chi connectivity index (χ4n) is 1.78. The number of benzene rings is 2. The highest BCUT2D eigenvalue weighted by Crippen LogP contribution is 2.17. The van der Waals surface area contributed by atoms with Crippen LogP contribution in [0.4, 0.5) is 14.5 Å². The molecule has 110 valence electrons. The maximum Gasteiger partial charge on any atom is 0.171 e. The van der Waals surface area contributed by atoms with E-state index in [0.29, 0.717) is 6.54 Å². The van der Waals surface area contributed by atoms with Gasteiger partial charge in [-0.25, -0.2) is 8.78 Å². The van der Waals surface area contributed by atoms with Crippen LogP contribution in [-0.2, 0) is 6.54 Å². The van der Waals surface area contributed by atoms with Gasteiger partial charge in [-0.3, -0.25) is 0 Å². The molecule has 0 spiro atoms. The molecule has 0 fully saturated rings. The van der Waals surface area contributed by atoms with Crippen LogP contribution in [0.5, 0.6) is 5.75 Å². The molecular formula is C15H14F2N2OS. The second kappa shape index (κ2) is 6.99. The summed E-state index contributed by atoms with van der Waals surface area (Å²) in [6.45, 7) is 0.429. The van der Waals surface area contributed by atoms with Crippen LogP contribution in [0.25, 0.3) is 0 Å². The SMILES string of the molecule is COc1ccccc1CNC(=S)Nc1ccc(F)cc1F. The van der Waals surface area contributed by atoms with Crippen LogP contribution in [0.3, 0.4) is 0 Å². The summed E-state index contributed by atoms with van der Waals surface area (Å²) in [6, 6.07) is 10.7. The van der Waals surface area contributed by atoms with Crippen molar-refractivity contribution in [2.24, 2.45) is 0 Å². The van der Waals surface area contributed by atoms with Crippen molar-refractivity contribution < 1.29 is 13.5 Å². The Balaban J connectivity index is 1.96. The summed E-state index contributed by atoms with van der Waals surface area (Å²) in [5.41, 5.74) is 1.04. The van der Waals surface area contributed by atoms with Crippen LogP contribution >= 0.6 is 12.2 Å². The van der Waals surface area contributed by atoms with Gasteiger partial charge in [0.25, 0.3) is 0 Å². The van der Waals surface area contributed by atoms with Crippen molar-refractivity contribution in [1.29, 1.82) is 0 Å². The first kappa shape index (κ1) is 15.2. The van der Waals surface area contributed by atoms with Gasteiger partial charge in [-0.15, -0.1) is 0 Å². The van der Waals surface area contributed by atoms with Gasteiger partial charge in [0.1, 0.15) is 17.4 Å². The smallest absolute Gasteiger partial charge is 0.171 e. The molecule has 0 bridgehead atoms. The van der Waals surface area contributed by atoms with Crippen molar-refractivity contribution in [3.05, 3.63) is 59.7 Å². The van der Waals surface area contributed by atoms with Crippen molar-refractivity contribution >= 4 is 23.0 Å². The van der Waals surface area contributed by atoms with Gasteiger partial charge in [0.05, 0.1) is 12.8 Å². The van der Waals surface area contributed by atoms with Crippen molar-refractivity contribution in [1.82, 2.24) is 5.32 Å². The Morgan fingerprint density at radius 1 is 1.19 bits per heavy atom. The van der Waals surface area contributed by atoms with Crippen molar-refractivity contribution in [3.63, 3.8) is 0 Å². The van der Waals surface area contributed by atoms with E-state index in [1.165, 1.54) is 6.07 Å². The lowest BCUT2D eigenvalue weighted by Gasteiger charge is -2.13. The van der Waals surface area contributed by atoms with E-state index in [4.69, 9.17) is 17.0 Å². The summed E-state index contributed by atoms with van der Waals surface area (Å²) in [5, 5.41) is 5.87. The van der Waals surface area contributed by atoms with Gasteiger partial charge in [0, 0.05) is 18.2 Å². The maximum atomic E-state index is 13.5. The zero-order valence-electron chi connectivity index (χ0n) is 11.3. The Bertz CT molecular complexity index is 649. The van der Waals surface area contributed by atoms with E-state index < -0.39 is 11.6 Å². The number of nitrogens with one attached hydrogen (secondary N) is 2. The third-order valence-corrected chi connectivity index (χ3v) is 3.06. The number of hydrogen-bond donors (Lipinski definition) is 2. The van der Waals surface area contributed by atoms with Crippen molar-refractivity contribution in [3.8, 4) is 5.75 Å². The molecule has 6 heteroatoms. The van der Waals surface area contributed by atoms with E-state index >= 15 is 0 Å². The highest BCUT2D eigenvalue weighted by atomic mass is 32.1. The Labute approximate surface area is 126 Å². The number of para-hydroxylation sites is 1. The molecule has 3 nitrogen and oxygen atoms in total. The molecular weight excluding hydrogens is 294 g/mol. The second-order valence-electron chi connectivity index (χ2n) is 4.24. The third kappa shape index (κ3) is 4.13. The van der Waals surface area contributed by atoms with E-state index in [0.717, 1.165) is 23.4 Å². The lowest BCUT2D eigenvalue weighted by Crippen LogP contribution is -2.28. The van der Waals surface area contributed by atoms with Crippen LogP contribution in [0.2, 0.25) is 0 Å². The van der Waals surface area contributed by atoms with Crippen molar-refractivity contribution in [2.45, 2.75) is 6.54 Å². The molecule has 2 aromatic rings. The topological polar surface area (TPSA) is 33.3 Å². The fraction of sp³-hybridized carbons (Fsp3) is 0.133. The number of methoxy groups -OCH3 is 1. The highest BCUT2D eigenvalue weighted by molar-refractivity contribution is 7.80. The maximum absolute atomic E-state index is 13.5. The number of anilines is 1. The minimum atomic E-state index is -0.698. The first-order chi connectivity index (χ1) is 10.1. The Morgan fingerprint density at radius 2 is 1.95 bits per heavy atom. The molecule has 0 heterocycles. The number of thiocarbonyl (C=S) groups is 1. The quantitative estimate of drug-likeness (QED) is 0.848. The number of hydrogen-bond acceptors (Lipinski definition) is 2. The van der Waals surface area contributed by atoms with Gasteiger partial charge >= 0.3 is 0 Å². The minimum absolute atomic E-state index is 0.119. The van der Waals surface area contributed by atoms with Crippen LogP contribution < -0.4 is 15.4 Å². The van der Waals surface area contributed by atoms with Crippen molar-refractivity contribution in [2.75, 3.05) is 12.4 Å². The second-order valence-corrected chi connectivity index (χ2v) is 4.65. The molecule has 0 aliphatic heterocycles. The van der Waals surface area contributed by atoms with Gasteiger partial charge in [0.15, 0.2) is 5.11 Å². The third-order valence-electron chi connectivity index (χ3n) is 2.81. The van der Waals surface area contributed by atoms with E-state index in [2.05, 4.69) is 10.6 Å².